The molecule has 1 aliphatic carbocycles. The Kier molecular flexibility index (Phi) is 3.06. The summed E-state index contributed by atoms with van der Waals surface area (Å²) in [5.41, 5.74) is 1.90. The topological polar surface area (TPSA) is 83.2 Å². The van der Waals surface area contributed by atoms with Crippen molar-refractivity contribution >= 4 is 28.6 Å². The fourth-order valence-electron chi connectivity index (χ4n) is 2.01. The van der Waals surface area contributed by atoms with Crippen LogP contribution in [-0.4, -0.2) is 30.1 Å². The Labute approximate surface area is 115 Å². The van der Waals surface area contributed by atoms with Crippen molar-refractivity contribution in [2.75, 3.05) is 12.4 Å². The third-order valence-electron chi connectivity index (χ3n) is 3.20. The lowest BCUT2D eigenvalue weighted by Gasteiger charge is -2.06. The monoisotopic (exact) mass is 273 g/mol. The molecule has 6 heteroatoms. The van der Waals surface area contributed by atoms with Crippen molar-refractivity contribution in [2.45, 2.75) is 18.9 Å². The van der Waals surface area contributed by atoms with E-state index in [4.69, 9.17) is 0 Å². The van der Waals surface area contributed by atoms with Gasteiger partial charge in [-0.3, -0.25) is 0 Å². The molecule has 2 aromatic rings. The number of rotatable bonds is 3. The summed E-state index contributed by atoms with van der Waals surface area (Å²) in [5.74, 6) is -0.415. The number of anilines is 1. The maximum atomic E-state index is 11.7. The van der Waals surface area contributed by atoms with Crippen molar-refractivity contribution in [3.8, 4) is 0 Å². The van der Waals surface area contributed by atoms with Crippen molar-refractivity contribution in [1.29, 1.82) is 0 Å². The molecule has 1 heterocycles. The summed E-state index contributed by atoms with van der Waals surface area (Å²) < 4.78 is 4.66. The third-order valence-corrected chi connectivity index (χ3v) is 3.20. The predicted octanol–water partition coefficient (Wildman–Crippen LogP) is 2.24. The molecule has 3 rings (SSSR count). The third kappa shape index (κ3) is 2.59. The average molecular weight is 273 g/mol. The molecule has 1 aromatic carbocycles. The Morgan fingerprint density at radius 1 is 1.30 bits per heavy atom. The number of aromatic nitrogens is 1. The number of esters is 1. The standard InChI is InChI=1S/C14H15N3O3/c1-20-13(18)12-7-8-6-10(4-5-11(8)17-12)16-14(19)15-9-2-3-9/h4-7,9,17H,2-3H2,1H3,(H2,15,16,19). The van der Waals surface area contributed by atoms with Crippen LogP contribution in [0.15, 0.2) is 24.3 Å². The van der Waals surface area contributed by atoms with Crippen LogP contribution in [0.3, 0.4) is 0 Å². The molecular formula is C14H15N3O3. The van der Waals surface area contributed by atoms with Crippen molar-refractivity contribution in [1.82, 2.24) is 10.3 Å². The van der Waals surface area contributed by atoms with Crippen LogP contribution in [0.2, 0.25) is 0 Å². The number of nitrogens with one attached hydrogen (secondary N) is 3. The van der Waals surface area contributed by atoms with Gasteiger partial charge in [-0.15, -0.1) is 0 Å². The molecule has 0 bridgehead atoms. The van der Waals surface area contributed by atoms with E-state index < -0.39 is 5.97 Å². The van der Waals surface area contributed by atoms with Crippen LogP contribution >= 0.6 is 0 Å². The van der Waals surface area contributed by atoms with Gasteiger partial charge in [-0.1, -0.05) is 0 Å². The lowest BCUT2D eigenvalue weighted by Crippen LogP contribution is -2.30. The van der Waals surface area contributed by atoms with Gasteiger partial charge in [-0.05, 0) is 37.1 Å². The Bertz CT molecular complexity index is 673. The van der Waals surface area contributed by atoms with E-state index in [0.717, 1.165) is 23.7 Å². The number of benzene rings is 1. The molecule has 20 heavy (non-hydrogen) atoms. The molecule has 1 aromatic heterocycles. The first kappa shape index (κ1) is 12.5. The first-order valence-corrected chi connectivity index (χ1v) is 6.44. The van der Waals surface area contributed by atoms with E-state index in [1.165, 1.54) is 7.11 Å². The quantitative estimate of drug-likeness (QED) is 0.750. The summed E-state index contributed by atoms with van der Waals surface area (Å²) in [5, 5.41) is 6.47. The minimum absolute atomic E-state index is 0.199. The number of hydrogen-bond acceptors (Lipinski definition) is 3. The highest BCUT2D eigenvalue weighted by atomic mass is 16.5. The second-order valence-electron chi connectivity index (χ2n) is 4.85. The largest absolute Gasteiger partial charge is 0.464 e. The summed E-state index contributed by atoms with van der Waals surface area (Å²) in [6.07, 6.45) is 2.10. The van der Waals surface area contributed by atoms with Crippen LogP contribution < -0.4 is 10.6 Å². The van der Waals surface area contributed by atoms with E-state index in [1.54, 1.807) is 12.1 Å². The number of ether oxygens (including phenoxy) is 1. The molecule has 0 atom stereocenters. The molecule has 2 amide bonds. The number of fused-ring (bicyclic) bond motifs is 1. The number of carbonyl (C=O) groups excluding carboxylic acids is 2. The van der Waals surface area contributed by atoms with Gasteiger partial charge in [-0.2, -0.15) is 0 Å². The van der Waals surface area contributed by atoms with Gasteiger partial charge in [0.2, 0.25) is 0 Å². The summed E-state index contributed by atoms with van der Waals surface area (Å²) in [6.45, 7) is 0. The first-order chi connectivity index (χ1) is 9.65. The Hall–Kier alpha value is -2.50. The van der Waals surface area contributed by atoms with Gasteiger partial charge in [-0.25, -0.2) is 9.59 Å². The number of aromatic amines is 1. The van der Waals surface area contributed by atoms with Gasteiger partial charge in [0, 0.05) is 22.6 Å². The van der Waals surface area contributed by atoms with Gasteiger partial charge >= 0.3 is 12.0 Å². The summed E-state index contributed by atoms with van der Waals surface area (Å²) in [6, 6.07) is 7.23. The van der Waals surface area contributed by atoms with Crippen molar-refractivity contribution < 1.29 is 14.3 Å². The minimum Gasteiger partial charge on any atom is -0.464 e. The lowest BCUT2D eigenvalue weighted by molar-refractivity contribution is 0.0595. The van der Waals surface area contributed by atoms with E-state index >= 15 is 0 Å². The van der Waals surface area contributed by atoms with Crippen molar-refractivity contribution in [3.05, 3.63) is 30.0 Å². The molecule has 0 saturated heterocycles. The minimum atomic E-state index is -0.415. The van der Waals surface area contributed by atoms with Crippen LogP contribution in [0.4, 0.5) is 10.5 Å². The van der Waals surface area contributed by atoms with Crippen molar-refractivity contribution in [3.63, 3.8) is 0 Å². The number of H-pyrrole nitrogens is 1. The number of urea groups is 1. The number of carbonyl (C=O) groups is 2. The fourth-order valence-corrected chi connectivity index (χ4v) is 2.01. The van der Waals surface area contributed by atoms with Gasteiger partial charge in [0.25, 0.3) is 0 Å². The lowest BCUT2D eigenvalue weighted by atomic mass is 10.2. The Morgan fingerprint density at radius 2 is 2.10 bits per heavy atom. The molecule has 1 saturated carbocycles. The molecule has 1 fully saturated rings. The molecule has 1 aliphatic rings. The summed E-state index contributed by atoms with van der Waals surface area (Å²) >= 11 is 0. The van der Waals surface area contributed by atoms with E-state index in [1.807, 2.05) is 12.1 Å². The van der Waals surface area contributed by atoms with Gasteiger partial charge < -0.3 is 20.4 Å². The first-order valence-electron chi connectivity index (χ1n) is 6.44. The molecule has 0 unspecified atom stereocenters. The normalized spacial score (nSPS) is 14.1. The van der Waals surface area contributed by atoms with E-state index in [0.29, 0.717) is 17.4 Å². The maximum Gasteiger partial charge on any atom is 0.354 e. The van der Waals surface area contributed by atoms with Crippen LogP contribution in [0.5, 0.6) is 0 Å². The highest BCUT2D eigenvalue weighted by Crippen LogP contribution is 2.22. The smallest absolute Gasteiger partial charge is 0.354 e. The van der Waals surface area contributed by atoms with Gasteiger partial charge in [0.1, 0.15) is 5.69 Å². The van der Waals surface area contributed by atoms with Gasteiger partial charge in [0.05, 0.1) is 7.11 Å². The molecule has 0 spiro atoms. The molecule has 0 radical (unpaired) electrons. The Balaban J connectivity index is 1.78. The van der Waals surface area contributed by atoms with Crippen LogP contribution in [-0.2, 0) is 4.74 Å². The predicted molar refractivity (Wildman–Crippen MR) is 74.8 cm³/mol. The number of methoxy groups -OCH3 is 1. The molecule has 0 aliphatic heterocycles. The zero-order valence-corrected chi connectivity index (χ0v) is 11.0. The molecule has 104 valence electrons. The van der Waals surface area contributed by atoms with Gasteiger partial charge in [0.15, 0.2) is 0 Å². The van der Waals surface area contributed by atoms with E-state index in [-0.39, 0.29) is 6.03 Å². The molecular weight excluding hydrogens is 258 g/mol. The molecule has 3 N–H and O–H groups in total. The zero-order chi connectivity index (χ0) is 14.1. The maximum absolute atomic E-state index is 11.7. The second kappa shape index (κ2) is 4.88. The zero-order valence-electron chi connectivity index (χ0n) is 11.0. The van der Waals surface area contributed by atoms with Crippen LogP contribution in [0.1, 0.15) is 23.3 Å². The van der Waals surface area contributed by atoms with Crippen molar-refractivity contribution in [2.24, 2.45) is 0 Å². The average Bonchev–Trinajstić information content (AvgIpc) is 3.13. The highest BCUT2D eigenvalue weighted by Gasteiger charge is 2.23. The summed E-state index contributed by atoms with van der Waals surface area (Å²) in [4.78, 5) is 26.1. The SMILES string of the molecule is COC(=O)c1cc2cc(NC(=O)NC3CC3)ccc2[nH]1. The Morgan fingerprint density at radius 3 is 2.80 bits per heavy atom. The van der Waals surface area contributed by atoms with Crippen LogP contribution in [0.25, 0.3) is 10.9 Å². The van der Waals surface area contributed by atoms with Crippen LogP contribution in [0, 0.1) is 0 Å². The number of amides is 2. The summed E-state index contributed by atoms with van der Waals surface area (Å²) in [7, 11) is 1.34. The number of hydrogen-bond donors (Lipinski definition) is 3. The van der Waals surface area contributed by atoms with E-state index in [2.05, 4.69) is 20.4 Å². The molecule has 6 nitrogen and oxygen atoms in total. The highest BCUT2D eigenvalue weighted by molar-refractivity contribution is 5.97. The fraction of sp³-hybridized carbons (Fsp3) is 0.286. The second-order valence-corrected chi connectivity index (χ2v) is 4.85. The van der Waals surface area contributed by atoms with E-state index in [9.17, 15) is 9.59 Å².